The number of ether oxygens (including phenoxy) is 1. The summed E-state index contributed by atoms with van der Waals surface area (Å²) in [7, 11) is 0. The molecule has 0 atom stereocenters. The molecule has 0 aromatic rings. The van der Waals surface area contributed by atoms with E-state index in [0.717, 1.165) is 19.3 Å². The van der Waals surface area contributed by atoms with Crippen molar-refractivity contribution < 1.29 is 9.53 Å². The maximum atomic E-state index is 10.9. The molecule has 0 rings (SSSR count). The monoisotopic (exact) mass is 179 g/mol. The van der Waals surface area contributed by atoms with Gasteiger partial charge in [0.25, 0.3) is 0 Å². The minimum Gasteiger partial charge on any atom is -0.452 e. The zero-order valence-electron chi connectivity index (χ0n) is 7.58. The number of nitriles is 1. The van der Waals surface area contributed by atoms with Gasteiger partial charge >= 0.3 is 5.97 Å². The summed E-state index contributed by atoms with van der Waals surface area (Å²) in [6.45, 7) is 0.0526. The third-order valence-electron chi connectivity index (χ3n) is 1.49. The molecule has 0 amide bonds. The molecule has 70 valence electrons. The van der Waals surface area contributed by atoms with E-state index >= 15 is 0 Å². The van der Waals surface area contributed by atoms with Crippen LogP contribution in [0.1, 0.15) is 32.1 Å². The van der Waals surface area contributed by atoms with Gasteiger partial charge in [0.2, 0.25) is 0 Å². The molecule has 0 heterocycles. The Bertz CT molecular complexity index is 222. The fourth-order valence-electron chi connectivity index (χ4n) is 0.845. The van der Waals surface area contributed by atoms with Crippen molar-refractivity contribution in [3.05, 3.63) is 0 Å². The summed E-state index contributed by atoms with van der Waals surface area (Å²) in [4.78, 5) is 10.9. The van der Waals surface area contributed by atoms with Crippen LogP contribution < -0.4 is 0 Å². The predicted octanol–water partition coefficient (Wildman–Crippen LogP) is 1.64. The smallest absolute Gasteiger partial charge is 0.306 e. The van der Waals surface area contributed by atoms with Crippen molar-refractivity contribution in [2.75, 3.05) is 6.61 Å². The van der Waals surface area contributed by atoms with Crippen LogP contribution in [0, 0.1) is 23.7 Å². The zero-order valence-corrected chi connectivity index (χ0v) is 7.58. The summed E-state index contributed by atoms with van der Waals surface area (Å²) >= 11 is 0. The van der Waals surface area contributed by atoms with Crippen LogP contribution in [0.5, 0.6) is 0 Å². The molecule has 0 spiro atoms. The summed E-state index contributed by atoms with van der Waals surface area (Å²) in [5.41, 5.74) is 0. The Kier molecular flexibility index (Phi) is 7.63. The van der Waals surface area contributed by atoms with Crippen LogP contribution in [0.3, 0.4) is 0 Å². The lowest BCUT2D eigenvalue weighted by molar-refractivity contribution is -0.142. The molecule has 13 heavy (non-hydrogen) atoms. The number of carbonyl (C=O) groups is 1. The van der Waals surface area contributed by atoms with E-state index in [1.807, 2.05) is 6.07 Å². The van der Waals surface area contributed by atoms with Crippen molar-refractivity contribution in [1.82, 2.24) is 0 Å². The lowest BCUT2D eigenvalue weighted by Gasteiger charge is -1.99. The van der Waals surface area contributed by atoms with Crippen LogP contribution in [0.25, 0.3) is 0 Å². The van der Waals surface area contributed by atoms with E-state index in [1.54, 1.807) is 0 Å². The topological polar surface area (TPSA) is 50.1 Å². The van der Waals surface area contributed by atoms with Gasteiger partial charge in [-0.2, -0.15) is 5.26 Å². The first-order valence-electron chi connectivity index (χ1n) is 4.27. The largest absolute Gasteiger partial charge is 0.452 e. The van der Waals surface area contributed by atoms with Gasteiger partial charge in [-0.3, -0.25) is 4.79 Å². The molecule has 0 aromatic carbocycles. The highest BCUT2D eigenvalue weighted by Crippen LogP contribution is 2.03. The Hall–Kier alpha value is -1.48. The van der Waals surface area contributed by atoms with E-state index in [-0.39, 0.29) is 12.6 Å². The second-order valence-electron chi connectivity index (χ2n) is 2.58. The Morgan fingerprint density at radius 3 is 2.77 bits per heavy atom. The first kappa shape index (κ1) is 11.5. The molecule has 0 radical (unpaired) electrons. The fourth-order valence-corrected chi connectivity index (χ4v) is 0.845. The summed E-state index contributed by atoms with van der Waals surface area (Å²) in [5, 5.41) is 8.23. The van der Waals surface area contributed by atoms with Crippen molar-refractivity contribution >= 4 is 5.97 Å². The maximum Gasteiger partial charge on any atom is 0.306 e. The van der Waals surface area contributed by atoms with E-state index in [0.29, 0.717) is 12.8 Å². The minimum absolute atomic E-state index is 0.0526. The van der Waals surface area contributed by atoms with Gasteiger partial charge in [0.05, 0.1) is 6.07 Å². The van der Waals surface area contributed by atoms with Gasteiger partial charge in [0.1, 0.15) is 0 Å². The van der Waals surface area contributed by atoms with Crippen molar-refractivity contribution in [2.45, 2.75) is 32.1 Å². The van der Waals surface area contributed by atoms with Crippen molar-refractivity contribution in [2.24, 2.45) is 0 Å². The number of terminal acetylenes is 1. The standard InChI is InChI=1S/C10H13NO2/c1-2-9-13-10(12)7-5-3-4-6-8-11/h1H,3-7,9H2. The van der Waals surface area contributed by atoms with Crippen molar-refractivity contribution in [3.8, 4) is 18.4 Å². The molecule has 0 fully saturated rings. The van der Waals surface area contributed by atoms with Gasteiger partial charge in [0, 0.05) is 12.8 Å². The number of carbonyl (C=O) groups excluding carboxylic acids is 1. The Morgan fingerprint density at radius 2 is 2.15 bits per heavy atom. The van der Waals surface area contributed by atoms with E-state index in [2.05, 4.69) is 10.7 Å². The quantitative estimate of drug-likeness (QED) is 0.354. The van der Waals surface area contributed by atoms with Gasteiger partial charge in [-0.15, -0.1) is 6.42 Å². The Labute approximate surface area is 78.7 Å². The molecule has 0 bridgehead atoms. The van der Waals surface area contributed by atoms with Crippen LogP contribution in [0.4, 0.5) is 0 Å². The number of esters is 1. The van der Waals surface area contributed by atoms with Crippen molar-refractivity contribution in [1.29, 1.82) is 5.26 Å². The molecule has 0 unspecified atom stereocenters. The molecular weight excluding hydrogens is 166 g/mol. The lowest BCUT2D eigenvalue weighted by Crippen LogP contribution is -2.03. The number of unbranched alkanes of at least 4 members (excludes halogenated alkanes) is 3. The summed E-state index contributed by atoms with van der Waals surface area (Å²) in [6.07, 6.45) is 8.36. The third-order valence-corrected chi connectivity index (χ3v) is 1.49. The highest BCUT2D eigenvalue weighted by molar-refractivity contribution is 5.69. The van der Waals surface area contributed by atoms with Crippen molar-refractivity contribution in [3.63, 3.8) is 0 Å². The third kappa shape index (κ3) is 8.43. The molecule has 0 aromatic heterocycles. The second kappa shape index (κ2) is 8.62. The Balaban J connectivity index is 3.19. The molecule has 0 N–H and O–H groups in total. The summed E-state index contributed by atoms with van der Waals surface area (Å²) in [6, 6.07) is 2.05. The predicted molar refractivity (Wildman–Crippen MR) is 48.5 cm³/mol. The molecule has 0 saturated heterocycles. The molecule has 0 aliphatic rings. The Morgan fingerprint density at radius 1 is 1.38 bits per heavy atom. The average Bonchev–Trinajstić information content (AvgIpc) is 2.14. The number of hydrogen-bond donors (Lipinski definition) is 0. The normalized spacial score (nSPS) is 8.46. The van der Waals surface area contributed by atoms with E-state index in [9.17, 15) is 4.79 Å². The van der Waals surface area contributed by atoms with Gasteiger partial charge in [0.15, 0.2) is 6.61 Å². The van der Waals surface area contributed by atoms with Crippen LogP contribution in [0.15, 0.2) is 0 Å². The first-order valence-corrected chi connectivity index (χ1v) is 4.27. The highest BCUT2D eigenvalue weighted by atomic mass is 16.5. The molecule has 0 aliphatic heterocycles. The second-order valence-corrected chi connectivity index (χ2v) is 2.58. The molecule has 3 nitrogen and oxygen atoms in total. The number of rotatable bonds is 6. The van der Waals surface area contributed by atoms with Crippen LogP contribution in [-0.4, -0.2) is 12.6 Å². The van der Waals surface area contributed by atoms with E-state index in [1.165, 1.54) is 0 Å². The average molecular weight is 179 g/mol. The number of hydrogen-bond acceptors (Lipinski definition) is 3. The molecule has 0 saturated carbocycles. The van der Waals surface area contributed by atoms with Gasteiger partial charge in [-0.05, 0) is 12.8 Å². The lowest BCUT2D eigenvalue weighted by atomic mass is 10.1. The fraction of sp³-hybridized carbons (Fsp3) is 0.600. The van der Waals surface area contributed by atoms with E-state index < -0.39 is 0 Å². The SMILES string of the molecule is C#CCOC(=O)CCCCCC#N. The molecular formula is C10H13NO2. The number of nitrogens with zero attached hydrogens (tertiary/aromatic N) is 1. The van der Waals surface area contributed by atoms with Crippen LogP contribution in [-0.2, 0) is 9.53 Å². The first-order chi connectivity index (χ1) is 6.31. The summed E-state index contributed by atoms with van der Waals surface area (Å²) in [5.74, 6) is 1.97. The minimum atomic E-state index is -0.255. The highest BCUT2D eigenvalue weighted by Gasteiger charge is 2.00. The molecule has 3 heteroatoms. The summed E-state index contributed by atoms with van der Waals surface area (Å²) < 4.78 is 4.66. The molecule has 0 aliphatic carbocycles. The maximum absolute atomic E-state index is 10.9. The van der Waals surface area contributed by atoms with E-state index in [4.69, 9.17) is 11.7 Å². The van der Waals surface area contributed by atoms with Crippen LogP contribution in [0.2, 0.25) is 0 Å². The van der Waals surface area contributed by atoms with Crippen LogP contribution >= 0.6 is 0 Å². The van der Waals surface area contributed by atoms with Gasteiger partial charge in [-0.1, -0.05) is 12.3 Å². The van der Waals surface area contributed by atoms with Gasteiger partial charge in [-0.25, -0.2) is 0 Å². The van der Waals surface area contributed by atoms with Gasteiger partial charge < -0.3 is 4.74 Å². The zero-order chi connectivity index (χ0) is 9.94.